The molecule has 0 bridgehead atoms. The van der Waals surface area contributed by atoms with Crippen LogP contribution >= 0.6 is 47.4 Å². The van der Waals surface area contributed by atoms with E-state index in [9.17, 15) is 0 Å². The number of hydrogen-bond donors (Lipinski definition) is 1. The zero-order valence-corrected chi connectivity index (χ0v) is 15.6. The molecule has 0 amide bonds. The van der Waals surface area contributed by atoms with Crippen LogP contribution in [0.1, 0.15) is 38.2 Å². The average Bonchev–Trinajstić information content (AvgIpc) is 2.48. The highest BCUT2D eigenvalue weighted by molar-refractivity contribution is 8.14. The summed E-state index contributed by atoms with van der Waals surface area (Å²) in [6, 6.07) is 5.45. The second kappa shape index (κ2) is 10.4. The van der Waals surface area contributed by atoms with Crippen LogP contribution in [0.2, 0.25) is 10.0 Å². The second-order valence-electron chi connectivity index (χ2n) is 4.85. The van der Waals surface area contributed by atoms with Crippen molar-refractivity contribution in [1.29, 1.82) is 0 Å². The van der Waals surface area contributed by atoms with Gasteiger partial charge in [-0.1, -0.05) is 67.2 Å². The third kappa shape index (κ3) is 5.99. The Bertz CT molecular complexity index is 547. The lowest BCUT2D eigenvalue weighted by molar-refractivity contribution is 0.655. The summed E-state index contributed by atoms with van der Waals surface area (Å²) in [5.74, 6) is 0.766. The smallest absolute Gasteiger partial charge is 0.183 e. The maximum Gasteiger partial charge on any atom is 0.183 e. The van der Waals surface area contributed by atoms with Gasteiger partial charge in [0.25, 0.3) is 0 Å². The van der Waals surface area contributed by atoms with Gasteiger partial charge in [0.2, 0.25) is 0 Å². The van der Waals surface area contributed by atoms with Crippen LogP contribution in [0.15, 0.2) is 28.4 Å². The molecular weight excluding hydrogens is 361 g/mol. The topological polar surface area (TPSA) is 36.8 Å². The van der Waals surface area contributed by atoms with Gasteiger partial charge < -0.3 is 5.32 Å². The highest BCUT2D eigenvalue weighted by Crippen LogP contribution is 2.24. The summed E-state index contributed by atoms with van der Waals surface area (Å²) in [6.45, 7) is 3.17. The van der Waals surface area contributed by atoms with Crippen molar-refractivity contribution in [2.45, 2.75) is 32.6 Å². The van der Waals surface area contributed by atoms with Crippen LogP contribution in [0, 0.1) is 0 Å². The Morgan fingerprint density at radius 2 is 2.00 bits per heavy atom. The third-order valence-electron chi connectivity index (χ3n) is 3.16. The number of unbranched alkanes of at least 4 members (excludes halogenated alkanes) is 3. The maximum atomic E-state index is 6.19. The number of halogens is 3. The van der Waals surface area contributed by atoms with Gasteiger partial charge in [-0.05, 0) is 18.6 Å². The molecule has 0 unspecified atom stereocenters. The molecule has 1 aromatic carbocycles. The molecule has 1 aromatic rings. The lowest BCUT2D eigenvalue weighted by atomic mass is 10.1. The summed E-state index contributed by atoms with van der Waals surface area (Å²) in [5, 5.41) is 14.0. The Balaban J connectivity index is 0.00000242. The van der Waals surface area contributed by atoms with Crippen LogP contribution in [0.25, 0.3) is 0 Å². The third-order valence-corrected chi connectivity index (χ3v) is 4.62. The van der Waals surface area contributed by atoms with Crippen molar-refractivity contribution >= 4 is 58.3 Å². The molecule has 0 aliphatic carbocycles. The number of nitrogens with zero attached hydrogens (tertiary/aromatic N) is 2. The molecule has 0 radical (unpaired) electrons. The summed E-state index contributed by atoms with van der Waals surface area (Å²) in [6.07, 6.45) is 4.98. The summed E-state index contributed by atoms with van der Waals surface area (Å²) in [4.78, 5) is 0. The minimum absolute atomic E-state index is 0. The Morgan fingerprint density at radius 1 is 1.18 bits per heavy atom. The van der Waals surface area contributed by atoms with Crippen LogP contribution in [0.4, 0.5) is 0 Å². The predicted octanol–water partition coefficient (Wildman–Crippen LogP) is 5.39. The fraction of sp³-hybridized carbons (Fsp3) is 0.467. The van der Waals surface area contributed by atoms with Crippen molar-refractivity contribution < 1.29 is 0 Å². The molecule has 0 saturated carbocycles. The van der Waals surface area contributed by atoms with E-state index in [2.05, 4.69) is 22.4 Å². The zero-order chi connectivity index (χ0) is 15.1. The van der Waals surface area contributed by atoms with E-state index in [1.54, 1.807) is 17.8 Å². The molecule has 1 aliphatic rings. The first kappa shape index (κ1) is 19.6. The molecule has 0 fully saturated rings. The van der Waals surface area contributed by atoms with Gasteiger partial charge >= 0.3 is 0 Å². The van der Waals surface area contributed by atoms with Crippen LogP contribution < -0.4 is 5.32 Å². The number of benzene rings is 1. The molecule has 1 aliphatic heterocycles. The van der Waals surface area contributed by atoms with E-state index >= 15 is 0 Å². The van der Waals surface area contributed by atoms with Crippen LogP contribution in [0.3, 0.4) is 0 Å². The molecule has 22 heavy (non-hydrogen) atoms. The van der Waals surface area contributed by atoms with Gasteiger partial charge in [0, 0.05) is 22.9 Å². The van der Waals surface area contributed by atoms with Crippen LogP contribution in [-0.4, -0.2) is 23.2 Å². The molecule has 1 heterocycles. The van der Waals surface area contributed by atoms with Gasteiger partial charge in [0.1, 0.15) is 0 Å². The number of hydrogen-bond acceptors (Lipinski definition) is 4. The quantitative estimate of drug-likeness (QED) is 0.671. The molecule has 2 rings (SSSR count). The van der Waals surface area contributed by atoms with Crippen molar-refractivity contribution in [3.05, 3.63) is 33.8 Å². The minimum atomic E-state index is 0. The SMILES string of the molecule is CCCCCCNC1=NN=C(c2ccc(Cl)cc2Cl)CS1.Cl. The molecule has 7 heteroatoms. The summed E-state index contributed by atoms with van der Waals surface area (Å²) < 4.78 is 0. The molecular formula is C15H20Cl3N3S. The van der Waals surface area contributed by atoms with Gasteiger partial charge in [0.05, 0.1) is 10.7 Å². The first-order valence-corrected chi connectivity index (χ1v) is 8.91. The van der Waals surface area contributed by atoms with Crippen molar-refractivity contribution in [3.8, 4) is 0 Å². The van der Waals surface area contributed by atoms with Gasteiger partial charge in [-0.15, -0.1) is 17.5 Å². The molecule has 0 saturated heterocycles. The maximum absolute atomic E-state index is 6.19. The summed E-state index contributed by atoms with van der Waals surface area (Å²) >= 11 is 13.8. The number of amidine groups is 1. The summed E-state index contributed by atoms with van der Waals surface area (Å²) in [7, 11) is 0. The normalized spacial score (nSPS) is 14.0. The molecule has 0 spiro atoms. The number of rotatable bonds is 6. The van der Waals surface area contributed by atoms with Crippen molar-refractivity contribution in [2.75, 3.05) is 12.3 Å². The van der Waals surface area contributed by atoms with Crippen LogP contribution in [0.5, 0.6) is 0 Å². The first-order chi connectivity index (χ1) is 10.2. The van der Waals surface area contributed by atoms with E-state index in [4.69, 9.17) is 23.2 Å². The van der Waals surface area contributed by atoms with E-state index in [-0.39, 0.29) is 12.4 Å². The van der Waals surface area contributed by atoms with Gasteiger partial charge in [0.15, 0.2) is 5.17 Å². The van der Waals surface area contributed by atoms with E-state index in [0.717, 1.165) is 28.7 Å². The van der Waals surface area contributed by atoms with Crippen molar-refractivity contribution in [1.82, 2.24) is 5.32 Å². The lowest BCUT2D eigenvalue weighted by Crippen LogP contribution is -2.25. The monoisotopic (exact) mass is 379 g/mol. The van der Waals surface area contributed by atoms with Gasteiger partial charge in [-0.2, -0.15) is 5.10 Å². The molecule has 0 atom stereocenters. The molecule has 1 N–H and O–H groups in total. The lowest BCUT2D eigenvalue weighted by Gasteiger charge is -2.14. The first-order valence-electron chi connectivity index (χ1n) is 7.17. The molecule has 3 nitrogen and oxygen atoms in total. The minimum Gasteiger partial charge on any atom is -0.363 e. The van der Waals surface area contributed by atoms with Crippen molar-refractivity contribution in [2.24, 2.45) is 10.2 Å². The number of thioether (sulfide) groups is 1. The largest absolute Gasteiger partial charge is 0.363 e. The van der Waals surface area contributed by atoms with E-state index in [0.29, 0.717) is 10.0 Å². The Labute approximate surface area is 152 Å². The average molecular weight is 381 g/mol. The highest BCUT2D eigenvalue weighted by atomic mass is 35.5. The fourth-order valence-electron chi connectivity index (χ4n) is 1.99. The number of nitrogens with one attached hydrogen (secondary N) is 1. The van der Waals surface area contributed by atoms with Gasteiger partial charge in [-0.3, -0.25) is 0 Å². The molecule has 122 valence electrons. The van der Waals surface area contributed by atoms with Crippen molar-refractivity contribution in [3.63, 3.8) is 0 Å². The van der Waals surface area contributed by atoms with Gasteiger partial charge in [-0.25, -0.2) is 0 Å². The Kier molecular flexibility index (Phi) is 9.25. The van der Waals surface area contributed by atoms with E-state index in [1.165, 1.54) is 25.7 Å². The predicted molar refractivity (Wildman–Crippen MR) is 102 cm³/mol. The molecule has 0 aromatic heterocycles. The highest BCUT2D eigenvalue weighted by Gasteiger charge is 2.14. The zero-order valence-electron chi connectivity index (χ0n) is 12.4. The van der Waals surface area contributed by atoms with E-state index in [1.807, 2.05) is 12.1 Å². The van der Waals surface area contributed by atoms with Crippen LogP contribution in [-0.2, 0) is 0 Å². The van der Waals surface area contributed by atoms with E-state index < -0.39 is 0 Å². The summed E-state index contributed by atoms with van der Waals surface area (Å²) in [5.41, 5.74) is 1.79. The second-order valence-corrected chi connectivity index (χ2v) is 6.66. The Morgan fingerprint density at radius 3 is 2.64 bits per heavy atom. The Hall–Kier alpha value is -0.420. The fourth-order valence-corrected chi connectivity index (χ4v) is 3.30. The standard InChI is InChI=1S/C15H19Cl2N3S.ClH/c1-2-3-4-5-8-18-15-20-19-14(10-21-15)12-7-6-11(16)9-13(12)17;/h6-7,9H,2-5,8,10H2,1H3,(H,18,20);1H.